The van der Waals surface area contributed by atoms with Gasteiger partial charge in [0.2, 0.25) is 0 Å². The number of hydrogen-bond acceptors (Lipinski definition) is 4. The smallest absolute Gasteiger partial charge is 0.198 e. The molecule has 104 valence electrons. The van der Waals surface area contributed by atoms with Gasteiger partial charge in [0.25, 0.3) is 0 Å². The molecule has 0 aliphatic carbocycles. The van der Waals surface area contributed by atoms with Gasteiger partial charge in [-0.25, -0.2) is 9.97 Å². The third-order valence-electron chi connectivity index (χ3n) is 3.55. The van der Waals surface area contributed by atoms with E-state index in [2.05, 4.69) is 68.6 Å². The summed E-state index contributed by atoms with van der Waals surface area (Å²) in [6, 6.07) is 6.39. The minimum absolute atomic E-state index is 0.644. The summed E-state index contributed by atoms with van der Waals surface area (Å²) in [5, 5.41) is 6.84. The van der Waals surface area contributed by atoms with Gasteiger partial charge in [-0.1, -0.05) is 12.1 Å². The Morgan fingerprint density at radius 1 is 1.25 bits per heavy atom. The van der Waals surface area contributed by atoms with Crippen molar-refractivity contribution in [3.05, 3.63) is 45.3 Å². The third kappa shape index (κ3) is 2.69. The summed E-state index contributed by atoms with van der Waals surface area (Å²) in [7, 11) is 0. The zero-order valence-corrected chi connectivity index (χ0v) is 13.2. The van der Waals surface area contributed by atoms with Crippen molar-refractivity contribution in [3.8, 4) is 0 Å². The second kappa shape index (κ2) is 5.50. The maximum Gasteiger partial charge on any atom is 0.198 e. The van der Waals surface area contributed by atoms with Crippen molar-refractivity contribution in [2.45, 2.75) is 26.8 Å². The van der Waals surface area contributed by atoms with Crippen molar-refractivity contribution >= 4 is 27.4 Å². The van der Waals surface area contributed by atoms with Gasteiger partial charge in [-0.3, -0.25) is 0 Å². The molecule has 4 nitrogen and oxygen atoms in total. The van der Waals surface area contributed by atoms with Crippen LogP contribution in [0.4, 0.5) is 11.5 Å². The number of nitrogens with one attached hydrogen (secondary N) is 2. The number of anilines is 2. The molecule has 0 unspecified atom stereocenters. The number of aromatic nitrogens is 2. The predicted molar refractivity (Wildman–Crippen MR) is 84.3 cm³/mol. The maximum absolute atomic E-state index is 4.51. The van der Waals surface area contributed by atoms with Crippen molar-refractivity contribution in [3.63, 3.8) is 0 Å². The first-order chi connectivity index (χ1) is 9.63. The molecule has 2 heterocycles. The molecule has 1 aliphatic rings. The molecule has 2 aromatic rings. The van der Waals surface area contributed by atoms with Crippen LogP contribution in [0.1, 0.15) is 22.4 Å². The molecule has 0 atom stereocenters. The molecule has 0 bridgehead atoms. The largest absolute Gasteiger partial charge is 0.340 e. The molecule has 1 aromatic heterocycles. The van der Waals surface area contributed by atoms with E-state index in [1.54, 1.807) is 0 Å². The van der Waals surface area contributed by atoms with Gasteiger partial charge in [0.1, 0.15) is 5.82 Å². The highest BCUT2D eigenvalue weighted by Crippen LogP contribution is 2.27. The molecule has 0 spiro atoms. The Morgan fingerprint density at radius 3 is 2.95 bits per heavy atom. The van der Waals surface area contributed by atoms with Crippen LogP contribution >= 0.6 is 15.9 Å². The molecule has 0 fully saturated rings. The van der Waals surface area contributed by atoms with Gasteiger partial charge in [-0.05, 0) is 47.0 Å². The Balaban J connectivity index is 2.02. The van der Waals surface area contributed by atoms with Crippen molar-refractivity contribution in [2.75, 3.05) is 11.9 Å². The third-order valence-corrected chi connectivity index (χ3v) is 3.91. The minimum Gasteiger partial charge on any atom is -0.340 e. The van der Waals surface area contributed by atoms with Crippen molar-refractivity contribution in [2.24, 2.45) is 0 Å². The van der Waals surface area contributed by atoms with Crippen LogP contribution in [0, 0.1) is 13.8 Å². The molecular formula is C15H17BrN4. The van der Waals surface area contributed by atoms with E-state index in [9.17, 15) is 0 Å². The average molecular weight is 333 g/mol. The highest BCUT2D eigenvalue weighted by molar-refractivity contribution is 9.10. The molecule has 3 rings (SSSR count). The molecule has 20 heavy (non-hydrogen) atoms. The highest BCUT2D eigenvalue weighted by Gasteiger charge is 2.17. The SMILES string of the molecule is Cc1ccc(C)c(Nc2nc(Br)nc3c2CNCC3)c1. The van der Waals surface area contributed by atoms with Gasteiger partial charge in [0.05, 0.1) is 5.69 Å². The normalized spacial score (nSPS) is 13.9. The van der Waals surface area contributed by atoms with Gasteiger partial charge in [0.15, 0.2) is 4.73 Å². The Bertz CT molecular complexity index is 655. The molecule has 0 saturated heterocycles. The van der Waals surface area contributed by atoms with E-state index in [0.717, 1.165) is 36.7 Å². The molecule has 5 heteroatoms. The summed E-state index contributed by atoms with van der Waals surface area (Å²) < 4.78 is 0.644. The fraction of sp³-hybridized carbons (Fsp3) is 0.333. The molecule has 2 N–H and O–H groups in total. The van der Waals surface area contributed by atoms with Crippen molar-refractivity contribution < 1.29 is 0 Å². The quantitative estimate of drug-likeness (QED) is 0.829. The van der Waals surface area contributed by atoms with Gasteiger partial charge in [-0.2, -0.15) is 0 Å². The Kier molecular flexibility index (Phi) is 3.72. The van der Waals surface area contributed by atoms with E-state index < -0.39 is 0 Å². The van der Waals surface area contributed by atoms with Crippen LogP contribution < -0.4 is 10.6 Å². The standard InChI is InChI=1S/C15H17BrN4/c1-9-3-4-10(2)13(7-9)18-14-11-8-17-6-5-12(11)19-15(16)20-14/h3-4,7,17H,5-6,8H2,1-2H3,(H,18,19,20). The summed E-state index contributed by atoms with van der Waals surface area (Å²) in [4.78, 5) is 8.99. The molecule has 1 aliphatic heterocycles. The van der Waals surface area contributed by atoms with Gasteiger partial charge in [-0.15, -0.1) is 0 Å². The zero-order chi connectivity index (χ0) is 14.1. The van der Waals surface area contributed by atoms with E-state index in [4.69, 9.17) is 0 Å². The summed E-state index contributed by atoms with van der Waals surface area (Å²) >= 11 is 3.40. The Labute approximate surface area is 127 Å². The highest BCUT2D eigenvalue weighted by atomic mass is 79.9. The molecule has 1 aromatic carbocycles. The van der Waals surface area contributed by atoms with Crippen LogP contribution in [0.25, 0.3) is 0 Å². The lowest BCUT2D eigenvalue weighted by Gasteiger charge is -2.20. The summed E-state index contributed by atoms with van der Waals surface area (Å²) in [5.41, 5.74) is 5.84. The van der Waals surface area contributed by atoms with Crippen molar-refractivity contribution in [1.29, 1.82) is 0 Å². The number of nitrogens with zero attached hydrogens (tertiary/aromatic N) is 2. The first-order valence-corrected chi connectivity index (χ1v) is 7.53. The zero-order valence-electron chi connectivity index (χ0n) is 11.6. The first-order valence-electron chi connectivity index (χ1n) is 6.74. The fourth-order valence-electron chi connectivity index (χ4n) is 2.41. The molecule has 0 radical (unpaired) electrons. The second-order valence-electron chi connectivity index (χ2n) is 5.14. The summed E-state index contributed by atoms with van der Waals surface area (Å²) in [6.07, 6.45) is 0.942. The minimum atomic E-state index is 0.644. The van der Waals surface area contributed by atoms with Crippen LogP contribution in [0.2, 0.25) is 0 Å². The summed E-state index contributed by atoms with van der Waals surface area (Å²) in [6.45, 7) is 5.98. The van der Waals surface area contributed by atoms with E-state index in [1.165, 1.54) is 16.7 Å². The van der Waals surface area contributed by atoms with Gasteiger partial charge in [0, 0.05) is 30.8 Å². The van der Waals surface area contributed by atoms with E-state index in [-0.39, 0.29) is 0 Å². The number of hydrogen-bond donors (Lipinski definition) is 2. The van der Waals surface area contributed by atoms with Crippen LogP contribution in [-0.4, -0.2) is 16.5 Å². The Morgan fingerprint density at radius 2 is 2.10 bits per heavy atom. The number of benzene rings is 1. The fourth-order valence-corrected chi connectivity index (χ4v) is 2.81. The van der Waals surface area contributed by atoms with Crippen LogP contribution in [0.15, 0.2) is 22.9 Å². The maximum atomic E-state index is 4.51. The van der Waals surface area contributed by atoms with Gasteiger partial charge >= 0.3 is 0 Å². The number of aryl methyl sites for hydroxylation is 2. The predicted octanol–water partition coefficient (Wildman–Crippen LogP) is 3.25. The van der Waals surface area contributed by atoms with E-state index in [1.807, 2.05) is 0 Å². The number of rotatable bonds is 2. The number of fused-ring (bicyclic) bond motifs is 1. The lowest BCUT2D eigenvalue weighted by Crippen LogP contribution is -2.26. The van der Waals surface area contributed by atoms with Gasteiger partial charge < -0.3 is 10.6 Å². The monoisotopic (exact) mass is 332 g/mol. The summed E-state index contributed by atoms with van der Waals surface area (Å²) in [5.74, 6) is 0.891. The van der Waals surface area contributed by atoms with Crippen LogP contribution in [0.3, 0.4) is 0 Å². The first kappa shape index (κ1) is 13.5. The second-order valence-corrected chi connectivity index (χ2v) is 5.85. The lowest BCUT2D eigenvalue weighted by atomic mass is 10.1. The van der Waals surface area contributed by atoms with Crippen molar-refractivity contribution in [1.82, 2.24) is 15.3 Å². The van der Waals surface area contributed by atoms with Crippen LogP contribution in [-0.2, 0) is 13.0 Å². The van der Waals surface area contributed by atoms with E-state index >= 15 is 0 Å². The average Bonchev–Trinajstić information content (AvgIpc) is 2.43. The molecule has 0 saturated carbocycles. The number of halogens is 1. The van der Waals surface area contributed by atoms with Crippen LogP contribution in [0.5, 0.6) is 0 Å². The molecule has 0 amide bonds. The topological polar surface area (TPSA) is 49.8 Å². The lowest BCUT2D eigenvalue weighted by molar-refractivity contribution is 0.626. The Hall–Kier alpha value is -1.46. The van der Waals surface area contributed by atoms with E-state index in [0.29, 0.717) is 4.73 Å². The molecular weight excluding hydrogens is 316 g/mol.